The van der Waals surface area contributed by atoms with Crippen LogP contribution in [-0.2, 0) is 0 Å². The minimum atomic E-state index is -1.29. The van der Waals surface area contributed by atoms with Gasteiger partial charge in [-0.2, -0.15) is 0 Å². The molecule has 2 heterocycles. The fourth-order valence-electron chi connectivity index (χ4n) is 4.07. The molecule has 166 valence electrons. The largest absolute Gasteiger partial charge is 0.477 e. The van der Waals surface area contributed by atoms with Crippen LogP contribution in [0.4, 0.5) is 10.1 Å². The maximum atomic E-state index is 15.1. The molecule has 9 heteroatoms. The zero-order valence-electron chi connectivity index (χ0n) is 17.1. The van der Waals surface area contributed by atoms with Gasteiger partial charge in [0.05, 0.1) is 11.2 Å². The molecular formula is C23H21ClFN3O3S. The van der Waals surface area contributed by atoms with Crippen molar-refractivity contribution in [1.82, 2.24) is 8.87 Å². The van der Waals surface area contributed by atoms with Crippen LogP contribution in [0.1, 0.15) is 29.2 Å². The Morgan fingerprint density at radius 3 is 2.41 bits per heavy atom. The van der Waals surface area contributed by atoms with Crippen LogP contribution in [0, 0.1) is 5.82 Å². The molecule has 0 spiro atoms. The zero-order chi connectivity index (χ0) is 22.4. The van der Waals surface area contributed by atoms with Crippen LogP contribution in [0.5, 0.6) is 0 Å². The molecule has 1 aromatic heterocycles. The molecule has 3 aromatic rings. The molecule has 5 rings (SSSR count). The second-order valence-corrected chi connectivity index (χ2v) is 9.70. The second-order valence-electron chi connectivity index (χ2n) is 8.10. The molecule has 1 N–H and O–H groups in total. The Bertz CT molecular complexity index is 1250. The molecule has 1 aliphatic carbocycles. The van der Waals surface area contributed by atoms with E-state index in [0.29, 0.717) is 29.3 Å². The third kappa shape index (κ3) is 4.10. The number of pyridine rings is 1. The SMILES string of the molecule is O=C(O)c1cn(C2CC2)c2cc(N3CCN(Sc4ccc(Cl)cc4)CC3)c(F)cc2c1=O. The van der Waals surface area contributed by atoms with Gasteiger partial charge < -0.3 is 14.6 Å². The minimum absolute atomic E-state index is 0.120. The predicted octanol–water partition coefficient (Wildman–Crippen LogP) is 4.66. The van der Waals surface area contributed by atoms with Gasteiger partial charge in [-0.15, -0.1) is 0 Å². The third-order valence-corrected chi connectivity index (χ3v) is 7.26. The number of benzene rings is 2. The normalized spacial score (nSPS) is 17.1. The van der Waals surface area contributed by atoms with Gasteiger partial charge >= 0.3 is 5.97 Å². The van der Waals surface area contributed by atoms with Crippen LogP contribution < -0.4 is 10.3 Å². The highest BCUT2D eigenvalue weighted by Crippen LogP contribution is 2.38. The molecular weight excluding hydrogens is 453 g/mol. The maximum absolute atomic E-state index is 15.1. The number of hydrogen-bond acceptors (Lipinski definition) is 5. The van der Waals surface area contributed by atoms with Crippen LogP contribution in [0.15, 0.2) is 52.3 Å². The first kappa shape index (κ1) is 21.3. The van der Waals surface area contributed by atoms with Crippen LogP contribution in [0.25, 0.3) is 10.9 Å². The monoisotopic (exact) mass is 473 g/mol. The fourth-order valence-corrected chi connectivity index (χ4v) is 5.10. The summed E-state index contributed by atoms with van der Waals surface area (Å²) in [7, 11) is 0. The van der Waals surface area contributed by atoms with Crippen molar-refractivity contribution in [1.29, 1.82) is 0 Å². The zero-order valence-corrected chi connectivity index (χ0v) is 18.7. The van der Waals surface area contributed by atoms with Gasteiger partial charge in [0.15, 0.2) is 0 Å². The summed E-state index contributed by atoms with van der Waals surface area (Å²) < 4.78 is 19.1. The topological polar surface area (TPSA) is 65.8 Å². The summed E-state index contributed by atoms with van der Waals surface area (Å²) in [4.78, 5) is 27.2. The van der Waals surface area contributed by atoms with Crippen molar-refractivity contribution in [2.75, 3.05) is 31.1 Å². The number of carbonyl (C=O) groups is 1. The van der Waals surface area contributed by atoms with E-state index in [0.717, 1.165) is 30.8 Å². The van der Waals surface area contributed by atoms with Crippen molar-refractivity contribution >= 4 is 46.1 Å². The predicted molar refractivity (Wildman–Crippen MR) is 124 cm³/mol. The van der Waals surface area contributed by atoms with E-state index in [2.05, 4.69) is 4.31 Å². The molecule has 6 nitrogen and oxygen atoms in total. The summed E-state index contributed by atoms with van der Waals surface area (Å²) in [6, 6.07) is 10.7. The quantitative estimate of drug-likeness (QED) is 0.544. The molecule has 0 bridgehead atoms. The molecule has 0 unspecified atom stereocenters. The Morgan fingerprint density at radius 2 is 1.78 bits per heavy atom. The van der Waals surface area contributed by atoms with Crippen molar-refractivity contribution in [2.45, 2.75) is 23.8 Å². The number of anilines is 1. The van der Waals surface area contributed by atoms with Crippen molar-refractivity contribution < 1.29 is 14.3 Å². The van der Waals surface area contributed by atoms with E-state index in [1.165, 1.54) is 12.3 Å². The Kier molecular flexibility index (Phi) is 5.61. The summed E-state index contributed by atoms with van der Waals surface area (Å²) in [5, 5.41) is 10.2. The summed E-state index contributed by atoms with van der Waals surface area (Å²) in [5.41, 5.74) is 0.0887. The third-order valence-electron chi connectivity index (χ3n) is 5.90. The first-order valence-electron chi connectivity index (χ1n) is 10.5. The first-order chi connectivity index (χ1) is 15.4. The number of nitrogens with zero attached hydrogens (tertiary/aromatic N) is 3. The number of fused-ring (bicyclic) bond motifs is 1. The summed E-state index contributed by atoms with van der Waals surface area (Å²) in [6.45, 7) is 2.78. The van der Waals surface area contributed by atoms with Gasteiger partial charge in [0.25, 0.3) is 0 Å². The highest BCUT2D eigenvalue weighted by atomic mass is 35.5. The number of aromatic nitrogens is 1. The van der Waals surface area contributed by atoms with Gasteiger partial charge in [-0.05, 0) is 61.2 Å². The van der Waals surface area contributed by atoms with Crippen molar-refractivity contribution in [3.05, 3.63) is 69.2 Å². The lowest BCUT2D eigenvalue weighted by Gasteiger charge is -2.35. The van der Waals surface area contributed by atoms with Gasteiger partial charge in [-0.1, -0.05) is 11.6 Å². The van der Waals surface area contributed by atoms with Gasteiger partial charge in [0.2, 0.25) is 5.43 Å². The van der Waals surface area contributed by atoms with E-state index in [4.69, 9.17) is 11.6 Å². The molecule has 0 atom stereocenters. The number of rotatable bonds is 5. The Morgan fingerprint density at radius 1 is 1.09 bits per heavy atom. The van der Waals surface area contributed by atoms with Crippen LogP contribution in [-0.4, -0.2) is 46.1 Å². The highest BCUT2D eigenvalue weighted by Gasteiger charge is 2.28. The van der Waals surface area contributed by atoms with Gasteiger partial charge in [0, 0.05) is 53.7 Å². The number of carboxylic acid groups (broad SMARTS) is 1. The van der Waals surface area contributed by atoms with Crippen molar-refractivity contribution in [3.8, 4) is 0 Å². The number of piperazine rings is 1. The van der Waals surface area contributed by atoms with E-state index in [-0.39, 0.29) is 17.0 Å². The lowest BCUT2D eigenvalue weighted by molar-refractivity contribution is 0.0695. The molecule has 0 radical (unpaired) electrons. The molecule has 2 aromatic carbocycles. The first-order valence-corrected chi connectivity index (χ1v) is 11.6. The molecule has 32 heavy (non-hydrogen) atoms. The molecule has 1 aliphatic heterocycles. The smallest absolute Gasteiger partial charge is 0.341 e. The molecule has 1 saturated carbocycles. The van der Waals surface area contributed by atoms with Crippen LogP contribution in [0.2, 0.25) is 5.02 Å². The lowest BCUT2D eigenvalue weighted by Crippen LogP contribution is -2.43. The van der Waals surface area contributed by atoms with Gasteiger partial charge in [0.1, 0.15) is 11.4 Å². The summed E-state index contributed by atoms with van der Waals surface area (Å²) >= 11 is 7.60. The average Bonchev–Trinajstić information content (AvgIpc) is 3.61. The molecule has 0 amide bonds. The van der Waals surface area contributed by atoms with E-state index in [1.807, 2.05) is 33.7 Å². The molecule has 2 aliphatic rings. The van der Waals surface area contributed by atoms with Crippen molar-refractivity contribution in [2.24, 2.45) is 0 Å². The van der Waals surface area contributed by atoms with E-state index in [1.54, 1.807) is 18.0 Å². The number of carboxylic acids is 1. The van der Waals surface area contributed by atoms with E-state index >= 15 is 4.39 Å². The molecule has 1 saturated heterocycles. The van der Waals surface area contributed by atoms with E-state index < -0.39 is 17.2 Å². The van der Waals surface area contributed by atoms with E-state index in [9.17, 15) is 14.7 Å². The van der Waals surface area contributed by atoms with Crippen molar-refractivity contribution in [3.63, 3.8) is 0 Å². The standard InChI is InChI=1S/C23H21ClFN3O3S/c24-14-1-5-16(6-2-14)32-27-9-7-26(8-10-27)21-12-20-17(11-19(21)25)22(29)18(23(30)31)13-28(20)15-3-4-15/h1-2,5-6,11-13,15H,3-4,7-10H2,(H,30,31). The number of aromatic carboxylic acids is 1. The van der Waals surface area contributed by atoms with Gasteiger partial charge in [-0.3, -0.25) is 4.79 Å². The Labute approximate surface area is 193 Å². The maximum Gasteiger partial charge on any atom is 0.341 e. The lowest BCUT2D eigenvalue weighted by atomic mass is 10.1. The van der Waals surface area contributed by atoms with Crippen LogP contribution >= 0.6 is 23.5 Å². The fraction of sp³-hybridized carbons (Fsp3) is 0.304. The van der Waals surface area contributed by atoms with Crippen LogP contribution in [0.3, 0.4) is 0 Å². The second kappa shape index (κ2) is 8.42. The summed E-state index contributed by atoms with van der Waals surface area (Å²) in [5.74, 6) is -1.79. The highest BCUT2D eigenvalue weighted by molar-refractivity contribution is 7.97. The summed E-state index contributed by atoms with van der Waals surface area (Å²) in [6.07, 6.45) is 3.25. The minimum Gasteiger partial charge on any atom is -0.477 e. The number of hydrogen-bond donors (Lipinski definition) is 1. The van der Waals surface area contributed by atoms with Gasteiger partial charge in [-0.25, -0.2) is 13.5 Å². The molecule has 2 fully saturated rings. The Hall–Kier alpha value is -2.55. The Balaban J connectivity index is 1.41. The number of halogens is 2. The average molecular weight is 474 g/mol.